The fourth-order valence-electron chi connectivity index (χ4n) is 2.48. The highest BCUT2D eigenvalue weighted by Gasteiger charge is 2.16. The van der Waals surface area contributed by atoms with Crippen LogP contribution in [0.2, 0.25) is 0 Å². The van der Waals surface area contributed by atoms with Gasteiger partial charge in [0.05, 0.1) is 0 Å². The van der Waals surface area contributed by atoms with Gasteiger partial charge in [0.15, 0.2) is 0 Å². The van der Waals surface area contributed by atoms with E-state index in [0.717, 1.165) is 12.3 Å². The Kier molecular flexibility index (Phi) is 3.11. The van der Waals surface area contributed by atoms with Gasteiger partial charge in [-0.05, 0) is 48.3 Å². The molecule has 2 rings (SSSR count). The zero-order valence-electron chi connectivity index (χ0n) is 9.79. The van der Waals surface area contributed by atoms with Crippen LogP contribution in [0, 0.1) is 5.92 Å². The highest BCUT2D eigenvalue weighted by molar-refractivity contribution is 5.36. The molecule has 1 aromatic carbocycles. The third-order valence-corrected chi connectivity index (χ3v) is 3.21. The lowest BCUT2D eigenvalue weighted by molar-refractivity contribution is 0.567. The summed E-state index contributed by atoms with van der Waals surface area (Å²) in [6.07, 6.45) is 4.78. The number of nitrogens with two attached hydrogens (primary N) is 1. The lowest BCUT2D eigenvalue weighted by Crippen LogP contribution is -2.17. The molecule has 0 aromatic heterocycles. The molecule has 1 heteroatoms. The van der Waals surface area contributed by atoms with Gasteiger partial charge in [0, 0.05) is 6.04 Å². The van der Waals surface area contributed by atoms with Crippen LogP contribution in [0.25, 0.3) is 0 Å². The Balaban J connectivity index is 2.27. The van der Waals surface area contributed by atoms with E-state index in [2.05, 4.69) is 32.0 Å². The number of hydrogen-bond donors (Lipinski definition) is 1. The highest BCUT2D eigenvalue weighted by atomic mass is 14.6. The second-order valence-corrected chi connectivity index (χ2v) is 5.13. The monoisotopic (exact) mass is 203 g/mol. The lowest BCUT2D eigenvalue weighted by atomic mass is 9.86. The molecule has 0 fully saturated rings. The molecule has 0 saturated carbocycles. The minimum Gasteiger partial charge on any atom is -0.324 e. The van der Waals surface area contributed by atoms with Crippen molar-refractivity contribution < 1.29 is 0 Å². The van der Waals surface area contributed by atoms with E-state index in [4.69, 9.17) is 5.73 Å². The van der Waals surface area contributed by atoms with Crippen LogP contribution >= 0.6 is 0 Å². The van der Waals surface area contributed by atoms with Gasteiger partial charge >= 0.3 is 0 Å². The zero-order valence-corrected chi connectivity index (χ0v) is 9.79. The van der Waals surface area contributed by atoms with Crippen LogP contribution in [0.5, 0.6) is 0 Å². The minimum atomic E-state index is 0.279. The SMILES string of the molecule is CC(C)Cc1ccc2c(c1)C(N)CCC2. The molecule has 1 atom stereocenters. The van der Waals surface area contributed by atoms with E-state index >= 15 is 0 Å². The van der Waals surface area contributed by atoms with Crippen LogP contribution in [0.1, 0.15) is 49.4 Å². The molecule has 1 aliphatic carbocycles. The average Bonchev–Trinajstić information content (AvgIpc) is 2.18. The summed E-state index contributed by atoms with van der Waals surface area (Å²) in [5.41, 5.74) is 10.5. The van der Waals surface area contributed by atoms with Crippen molar-refractivity contribution in [3.8, 4) is 0 Å². The largest absolute Gasteiger partial charge is 0.324 e. The Labute approximate surface area is 92.7 Å². The Hall–Kier alpha value is -0.820. The third-order valence-electron chi connectivity index (χ3n) is 3.21. The summed E-state index contributed by atoms with van der Waals surface area (Å²) in [6, 6.07) is 7.17. The molecule has 1 aromatic rings. The fraction of sp³-hybridized carbons (Fsp3) is 0.571. The van der Waals surface area contributed by atoms with Crippen LogP contribution in [0.15, 0.2) is 18.2 Å². The molecule has 0 spiro atoms. The first-order chi connectivity index (χ1) is 7.16. The molecular formula is C14H21N. The number of aryl methyl sites for hydroxylation is 1. The number of benzene rings is 1. The Morgan fingerprint density at radius 2 is 2.20 bits per heavy atom. The normalized spacial score (nSPS) is 20.4. The van der Waals surface area contributed by atoms with Crippen LogP contribution in [-0.2, 0) is 12.8 Å². The molecule has 0 saturated heterocycles. The van der Waals surface area contributed by atoms with Gasteiger partial charge in [-0.1, -0.05) is 32.0 Å². The van der Waals surface area contributed by atoms with Crippen molar-refractivity contribution in [3.63, 3.8) is 0 Å². The Morgan fingerprint density at radius 3 is 2.93 bits per heavy atom. The minimum absolute atomic E-state index is 0.279. The van der Waals surface area contributed by atoms with Gasteiger partial charge < -0.3 is 5.73 Å². The van der Waals surface area contributed by atoms with E-state index in [0.29, 0.717) is 0 Å². The first kappa shape index (κ1) is 10.7. The molecule has 2 N–H and O–H groups in total. The lowest BCUT2D eigenvalue weighted by Gasteiger charge is -2.23. The van der Waals surface area contributed by atoms with Crippen molar-refractivity contribution >= 4 is 0 Å². The Morgan fingerprint density at radius 1 is 1.40 bits per heavy atom. The first-order valence-corrected chi connectivity index (χ1v) is 6.04. The second-order valence-electron chi connectivity index (χ2n) is 5.13. The highest BCUT2D eigenvalue weighted by Crippen LogP contribution is 2.29. The summed E-state index contributed by atoms with van der Waals surface area (Å²) < 4.78 is 0. The molecule has 15 heavy (non-hydrogen) atoms. The maximum Gasteiger partial charge on any atom is 0.0297 e. The van der Waals surface area contributed by atoms with Gasteiger partial charge in [0.1, 0.15) is 0 Å². The second kappa shape index (κ2) is 4.36. The summed E-state index contributed by atoms with van der Waals surface area (Å²) in [4.78, 5) is 0. The maximum atomic E-state index is 6.15. The number of hydrogen-bond acceptors (Lipinski definition) is 1. The van der Waals surface area contributed by atoms with Crippen molar-refractivity contribution in [2.24, 2.45) is 11.7 Å². The van der Waals surface area contributed by atoms with Crippen LogP contribution in [0.4, 0.5) is 0 Å². The molecule has 0 bridgehead atoms. The van der Waals surface area contributed by atoms with Gasteiger partial charge in [-0.2, -0.15) is 0 Å². The standard InChI is InChI=1S/C14H21N/c1-10(2)8-11-6-7-12-4-3-5-14(15)13(12)9-11/h6-7,9-10,14H,3-5,8,15H2,1-2H3. The van der Waals surface area contributed by atoms with Crippen LogP contribution in [-0.4, -0.2) is 0 Å². The summed E-state index contributed by atoms with van der Waals surface area (Å²) >= 11 is 0. The van der Waals surface area contributed by atoms with Gasteiger partial charge in [0.2, 0.25) is 0 Å². The molecular weight excluding hydrogens is 182 g/mol. The van der Waals surface area contributed by atoms with Crippen LogP contribution in [0.3, 0.4) is 0 Å². The molecule has 1 aliphatic rings. The van der Waals surface area contributed by atoms with Crippen molar-refractivity contribution in [1.82, 2.24) is 0 Å². The first-order valence-electron chi connectivity index (χ1n) is 6.04. The molecule has 0 radical (unpaired) electrons. The maximum absolute atomic E-state index is 6.15. The predicted octanol–water partition coefficient (Wildman–Crippen LogP) is 3.22. The average molecular weight is 203 g/mol. The van der Waals surface area contributed by atoms with Crippen molar-refractivity contribution in [2.75, 3.05) is 0 Å². The topological polar surface area (TPSA) is 26.0 Å². The van der Waals surface area contributed by atoms with Crippen molar-refractivity contribution in [3.05, 3.63) is 34.9 Å². The zero-order chi connectivity index (χ0) is 10.8. The van der Waals surface area contributed by atoms with E-state index in [1.165, 1.54) is 36.0 Å². The molecule has 82 valence electrons. The summed E-state index contributed by atoms with van der Waals surface area (Å²) in [6.45, 7) is 4.53. The predicted molar refractivity (Wildman–Crippen MR) is 64.9 cm³/mol. The van der Waals surface area contributed by atoms with Gasteiger partial charge in [-0.15, -0.1) is 0 Å². The van der Waals surface area contributed by atoms with E-state index in [1.54, 1.807) is 0 Å². The number of fused-ring (bicyclic) bond motifs is 1. The molecule has 0 aliphatic heterocycles. The molecule has 1 unspecified atom stereocenters. The molecule has 1 nitrogen and oxygen atoms in total. The molecule has 0 heterocycles. The van der Waals surface area contributed by atoms with E-state index in [9.17, 15) is 0 Å². The third kappa shape index (κ3) is 2.40. The fourth-order valence-corrected chi connectivity index (χ4v) is 2.48. The number of rotatable bonds is 2. The van der Waals surface area contributed by atoms with E-state index in [1.807, 2.05) is 0 Å². The van der Waals surface area contributed by atoms with Crippen molar-refractivity contribution in [2.45, 2.75) is 45.6 Å². The van der Waals surface area contributed by atoms with Crippen LogP contribution < -0.4 is 5.73 Å². The van der Waals surface area contributed by atoms with E-state index in [-0.39, 0.29) is 6.04 Å². The molecule has 0 amide bonds. The summed E-state index contributed by atoms with van der Waals surface area (Å²) in [7, 11) is 0. The van der Waals surface area contributed by atoms with Gasteiger partial charge in [0.25, 0.3) is 0 Å². The van der Waals surface area contributed by atoms with Crippen molar-refractivity contribution in [1.29, 1.82) is 0 Å². The van der Waals surface area contributed by atoms with Gasteiger partial charge in [-0.3, -0.25) is 0 Å². The Bertz CT molecular complexity index is 341. The summed E-state index contributed by atoms with van der Waals surface area (Å²) in [5.74, 6) is 0.725. The summed E-state index contributed by atoms with van der Waals surface area (Å²) in [5, 5.41) is 0. The van der Waals surface area contributed by atoms with Gasteiger partial charge in [-0.25, -0.2) is 0 Å². The smallest absolute Gasteiger partial charge is 0.0297 e. The quantitative estimate of drug-likeness (QED) is 0.784. The van der Waals surface area contributed by atoms with E-state index < -0.39 is 0 Å².